The Hall–Kier alpha value is -0.740. The van der Waals surface area contributed by atoms with E-state index >= 15 is 0 Å². The Balaban J connectivity index is 2.19. The van der Waals surface area contributed by atoms with Crippen molar-refractivity contribution in [2.45, 2.75) is 58.2 Å². The summed E-state index contributed by atoms with van der Waals surface area (Å²) in [7, 11) is 0. The molecular formula is C16H23BrO3. The Morgan fingerprint density at radius 2 is 1.90 bits per heavy atom. The molecule has 1 aromatic rings. The van der Waals surface area contributed by atoms with Gasteiger partial charge in [0.15, 0.2) is 11.5 Å². The minimum atomic E-state index is 0.00236. The Morgan fingerprint density at radius 1 is 1.20 bits per heavy atom. The Morgan fingerprint density at radius 3 is 2.50 bits per heavy atom. The average molecular weight is 343 g/mol. The minimum absolute atomic E-state index is 0.00236. The first-order valence-corrected chi connectivity index (χ1v) is 8.26. The van der Waals surface area contributed by atoms with Crippen LogP contribution in [0.2, 0.25) is 0 Å². The van der Waals surface area contributed by atoms with Crippen LogP contribution in [0.3, 0.4) is 0 Å². The van der Waals surface area contributed by atoms with Crippen molar-refractivity contribution in [3.05, 3.63) is 22.2 Å². The standard InChI is InChI=1S/C16H23BrO3/c1-2-19-15-10-12(11-18)9-14(17)16(15)20-13-7-5-3-4-6-8-13/h9-10,13,18H,2-8,11H2,1H3. The summed E-state index contributed by atoms with van der Waals surface area (Å²) in [6, 6.07) is 3.76. The zero-order valence-electron chi connectivity index (χ0n) is 12.0. The van der Waals surface area contributed by atoms with E-state index in [0.717, 1.165) is 34.4 Å². The maximum Gasteiger partial charge on any atom is 0.175 e. The number of rotatable bonds is 5. The molecule has 20 heavy (non-hydrogen) atoms. The lowest BCUT2D eigenvalue weighted by molar-refractivity contribution is 0.172. The normalized spacial score (nSPS) is 16.8. The van der Waals surface area contributed by atoms with Gasteiger partial charge in [-0.05, 0) is 66.2 Å². The van der Waals surface area contributed by atoms with Crippen LogP contribution in [0.25, 0.3) is 0 Å². The Labute approximate surface area is 129 Å². The highest BCUT2D eigenvalue weighted by Crippen LogP contribution is 2.39. The largest absolute Gasteiger partial charge is 0.490 e. The molecule has 4 heteroatoms. The van der Waals surface area contributed by atoms with E-state index in [0.29, 0.717) is 6.61 Å². The van der Waals surface area contributed by atoms with Gasteiger partial charge in [0, 0.05) is 0 Å². The van der Waals surface area contributed by atoms with Crippen LogP contribution < -0.4 is 9.47 Å². The van der Waals surface area contributed by atoms with E-state index in [4.69, 9.17) is 9.47 Å². The highest BCUT2D eigenvalue weighted by atomic mass is 79.9. The molecule has 2 rings (SSSR count). The lowest BCUT2D eigenvalue weighted by Gasteiger charge is -2.21. The summed E-state index contributed by atoms with van der Waals surface area (Å²) in [5.41, 5.74) is 0.827. The van der Waals surface area contributed by atoms with E-state index in [1.807, 2.05) is 19.1 Å². The molecule has 112 valence electrons. The predicted molar refractivity (Wildman–Crippen MR) is 83.4 cm³/mol. The third-order valence-corrected chi connectivity index (χ3v) is 4.23. The van der Waals surface area contributed by atoms with E-state index in [-0.39, 0.29) is 12.7 Å². The predicted octanol–water partition coefficient (Wildman–Crippen LogP) is 4.44. The monoisotopic (exact) mass is 342 g/mol. The smallest absolute Gasteiger partial charge is 0.175 e. The second-order valence-electron chi connectivity index (χ2n) is 5.23. The van der Waals surface area contributed by atoms with Crippen LogP contribution in [0.1, 0.15) is 51.0 Å². The van der Waals surface area contributed by atoms with Gasteiger partial charge in [0.2, 0.25) is 0 Å². The Kier molecular flexibility index (Phi) is 6.17. The molecule has 0 radical (unpaired) electrons. The van der Waals surface area contributed by atoms with Crippen molar-refractivity contribution in [3.8, 4) is 11.5 Å². The van der Waals surface area contributed by atoms with Crippen LogP contribution in [0, 0.1) is 0 Å². The van der Waals surface area contributed by atoms with Gasteiger partial charge in [0.05, 0.1) is 23.8 Å². The zero-order chi connectivity index (χ0) is 14.4. The number of ether oxygens (including phenoxy) is 2. The molecule has 1 N–H and O–H groups in total. The number of aliphatic hydroxyl groups excluding tert-OH is 1. The molecule has 0 saturated heterocycles. The number of halogens is 1. The van der Waals surface area contributed by atoms with E-state index < -0.39 is 0 Å². The summed E-state index contributed by atoms with van der Waals surface area (Å²) in [5.74, 6) is 1.49. The van der Waals surface area contributed by atoms with Crippen LogP contribution in [0.5, 0.6) is 11.5 Å². The molecule has 0 unspecified atom stereocenters. The first-order chi connectivity index (χ1) is 9.74. The van der Waals surface area contributed by atoms with Gasteiger partial charge in [-0.15, -0.1) is 0 Å². The van der Waals surface area contributed by atoms with Crippen molar-refractivity contribution in [2.75, 3.05) is 6.61 Å². The fourth-order valence-electron chi connectivity index (χ4n) is 2.62. The maximum atomic E-state index is 9.29. The lowest BCUT2D eigenvalue weighted by atomic mass is 10.1. The highest BCUT2D eigenvalue weighted by Gasteiger charge is 2.19. The summed E-state index contributed by atoms with van der Waals surface area (Å²) in [6.45, 7) is 2.54. The van der Waals surface area contributed by atoms with Gasteiger partial charge >= 0.3 is 0 Å². The number of hydrogen-bond donors (Lipinski definition) is 1. The van der Waals surface area contributed by atoms with Crippen molar-refractivity contribution >= 4 is 15.9 Å². The van der Waals surface area contributed by atoms with Crippen molar-refractivity contribution in [3.63, 3.8) is 0 Å². The van der Waals surface area contributed by atoms with Crippen molar-refractivity contribution in [1.82, 2.24) is 0 Å². The van der Waals surface area contributed by atoms with Crippen molar-refractivity contribution in [2.24, 2.45) is 0 Å². The third-order valence-electron chi connectivity index (χ3n) is 3.64. The summed E-state index contributed by atoms with van der Waals surface area (Å²) in [6.07, 6.45) is 7.58. The molecule has 0 spiro atoms. The molecule has 0 heterocycles. The van der Waals surface area contributed by atoms with Gasteiger partial charge in [0.25, 0.3) is 0 Å². The van der Waals surface area contributed by atoms with Gasteiger partial charge in [-0.25, -0.2) is 0 Å². The molecule has 1 aliphatic carbocycles. The van der Waals surface area contributed by atoms with Crippen LogP contribution in [-0.4, -0.2) is 17.8 Å². The summed E-state index contributed by atoms with van der Waals surface area (Å²) in [4.78, 5) is 0. The van der Waals surface area contributed by atoms with Crippen molar-refractivity contribution in [1.29, 1.82) is 0 Å². The van der Waals surface area contributed by atoms with E-state index in [2.05, 4.69) is 15.9 Å². The molecule has 0 amide bonds. The van der Waals surface area contributed by atoms with Gasteiger partial charge in [0.1, 0.15) is 0 Å². The lowest BCUT2D eigenvalue weighted by Crippen LogP contribution is -2.16. The average Bonchev–Trinajstić information content (AvgIpc) is 2.71. The first kappa shape index (κ1) is 15.6. The van der Waals surface area contributed by atoms with E-state index in [9.17, 15) is 5.11 Å². The molecule has 0 atom stereocenters. The quantitative estimate of drug-likeness (QED) is 0.803. The fourth-order valence-corrected chi connectivity index (χ4v) is 3.20. The molecule has 1 saturated carbocycles. The number of benzene rings is 1. The highest BCUT2D eigenvalue weighted by molar-refractivity contribution is 9.10. The van der Waals surface area contributed by atoms with E-state index in [1.165, 1.54) is 25.7 Å². The molecule has 0 aliphatic heterocycles. The van der Waals surface area contributed by atoms with Crippen LogP contribution in [0.15, 0.2) is 16.6 Å². The molecule has 1 fully saturated rings. The third kappa shape index (κ3) is 4.13. The van der Waals surface area contributed by atoms with Gasteiger partial charge < -0.3 is 14.6 Å². The summed E-state index contributed by atoms with van der Waals surface area (Å²) >= 11 is 3.54. The van der Waals surface area contributed by atoms with Crippen LogP contribution in [-0.2, 0) is 6.61 Å². The second kappa shape index (κ2) is 7.89. The Bertz CT molecular complexity index is 426. The maximum absolute atomic E-state index is 9.29. The summed E-state index contributed by atoms with van der Waals surface area (Å²) < 4.78 is 12.7. The molecule has 0 bridgehead atoms. The van der Waals surface area contributed by atoms with Gasteiger partial charge in [-0.2, -0.15) is 0 Å². The SMILES string of the molecule is CCOc1cc(CO)cc(Br)c1OC1CCCCCC1. The topological polar surface area (TPSA) is 38.7 Å². The van der Waals surface area contributed by atoms with E-state index in [1.54, 1.807) is 0 Å². The number of hydrogen-bond acceptors (Lipinski definition) is 3. The zero-order valence-corrected chi connectivity index (χ0v) is 13.6. The van der Waals surface area contributed by atoms with Gasteiger partial charge in [-0.1, -0.05) is 12.8 Å². The van der Waals surface area contributed by atoms with Crippen molar-refractivity contribution < 1.29 is 14.6 Å². The molecule has 3 nitrogen and oxygen atoms in total. The molecule has 1 aliphatic rings. The molecular weight excluding hydrogens is 320 g/mol. The van der Waals surface area contributed by atoms with Gasteiger partial charge in [-0.3, -0.25) is 0 Å². The molecule has 0 aromatic heterocycles. The summed E-state index contributed by atoms with van der Waals surface area (Å²) in [5, 5.41) is 9.29. The van der Waals surface area contributed by atoms with Crippen LogP contribution >= 0.6 is 15.9 Å². The first-order valence-electron chi connectivity index (χ1n) is 7.47. The fraction of sp³-hybridized carbons (Fsp3) is 0.625. The number of aliphatic hydroxyl groups is 1. The molecule has 1 aromatic carbocycles. The minimum Gasteiger partial charge on any atom is -0.490 e. The second-order valence-corrected chi connectivity index (χ2v) is 6.08. The van der Waals surface area contributed by atoms with Crippen LogP contribution in [0.4, 0.5) is 0 Å².